The molecule has 0 amide bonds. The normalized spacial score (nSPS) is 14.0. The predicted molar refractivity (Wildman–Crippen MR) is 178 cm³/mol. The summed E-state index contributed by atoms with van der Waals surface area (Å²) in [7, 11) is -4.26. The minimum Gasteiger partial charge on any atom is -0.457 e. The van der Waals surface area contributed by atoms with Gasteiger partial charge in [0.1, 0.15) is 6.10 Å². The highest BCUT2D eigenvalue weighted by Crippen LogP contribution is 2.43. The summed E-state index contributed by atoms with van der Waals surface area (Å²) in [5, 5.41) is 0. The number of ether oxygens (including phenoxy) is 2. The first-order valence-electron chi connectivity index (χ1n) is 17.3. The number of rotatable bonds is 33. The van der Waals surface area contributed by atoms with Crippen molar-refractivity contribution in [2.75, 3.05) is 33.0 Å². The van der Waals surface area contributed by atoms with Crippen molar-refractivity contribution in [3.63, 3.8) is 0 Å². The first-order valence-corrected chi connectivity index (χ1v) is 18.8. The van der Waals surface area contributed by atoms with E-state index in [1.54, 1.807) is 0 Å². The average molecular weight is 632 g/mol. The van der Waals surface area contributed by atoms with Crippen molar-refractivity contribution in [2.45, 2.75) is 155 Å². The summed E-state index contributed by atoms with van der Waals surface area (Å²) in [5.41, 5.74) is 5.33. The zero-order valence-corrected chi connectivity index (χ0v) is 28.6. The fraction of sp³-hybridized carbons (Fsp3) is 0.853. The summed E-state index contributed by atoms with van der Waals surface area (Å²) >= 11 is 0. The lowest BCUT2D eigenvalue weighted by molar-refractivity contribution is -0.154. The Bertz CT molecular complexity index is 717. The van der Waals surface area contributed by atoms with E-state index in [1.165, 1.54) is 83.5 Å². The van der Waals surface area contributed by atoms with Crippen LogP contribution in [0.25, 0.3) is 0 Å². The van der Waals surface area contributed by atoms with Gasteiger partial charge in [-0.3, -0.25) is 13.8 Å². The van der Waals surface area contributed by atoms with E-state index in [2.05, 4.69) is 38.2 Å². The van der Waals surface area contributed by atoms with Crippen molar-refractivity contribution in [2.24, 2.45) is 5.73 Å². The third-order valence-electron chi connectivity index (χ3n) is 7.07. The van der Waals surface area contributed by atoms with E-state index in [-0.39, 0.29) is 32.3 Å². The van der Waals surface area contributed by atoms with Gasteiger partial charge in [-0.25, -0.2) is 4.57 Å². The van der Waals surface area contributed by atoms with Crippen LogP contribution in [-0.4, -0.2) is 49.9 Å². The summed E-state index contributed by atoms with van der Waals surface area (Å²) in [6.07, 6.45) is 31.8. The van der Waals surface area contributed by atoms with Gasteiger partial charge in [0.25, 0.3) is 0 Å². The van der Waals surface area contributed by atoms with Gasteiger partial charge < -0.3 is 20.1 Å². The molecule has 2 atom stereocenters. The van der Waals surface area contributed by atoms with Gasteiger partial charge in [-0.1, -0.05) is 109 Å². The maximum atomic E-state index is 12.5. The van der Waals surface area contributed by atoms with Gasteiger partial charge in [0.15, 0.2) is 0 Å². The van der Waals surface area contributed by atoms with Crippen LogP contribution >= 0.6 is 7.82 Å². The zero-order chi connectivity index (χ0) is 31.7. The second-order valence-electron chi connectivity index (χ2n) is 11.4. The maximum absolute atomic E-state index is 12.5. The second kappa shape index (κ2) is 32.4. The molecule has 0 heterocycles. The molecule has 0 rings (SSSR count). The van der Waals surface area contributed by atoms with E-state index in [0.717, 1.165) is 44.9 Å². The number of esters is 1. The van der Waals surface area contributed by atoms with E-state index in [1.807, 2.05) is 0 Å². The van der Waals surface area contributed by atoms with Gasteiger partial charge in [-0.05, 0) is 57.8 Å². The molecule has 0 aliphatic rings. The molecule has 9 heteroatoms. The van der Waals surface area contributed by atoms with Crippen LogP contribution in [0.1, 0.15) is 149 Å². The van der Waals surface area contributed by atoms with Crippen molar-refractivity contribution >= 4 is 13.8 Å². The molecule has 2 unspecified atom stereocenters. The van der Waals surface area contributed by atoms with Crippen molar-refractivity contribution in [3.8, 4) is 0 Å². The Morgan fingerprint density at radius 3 is 1.79 bits per heavy atom. The van der Waals surface area contributed by atoms with E-state index >= 15 is 0 Å². The Labute approximate surface area is 264 Å². The van der Waals surface area contributed by atoms with Crippen molar-refractivity contribution in [3.05, 3.63) is 24.3 Å². The SMILES string of the molecule is CCC/C=C\CCCCCCCCOCC(COP(=O)(O)OCCN)OC(=O)CCCCCCC/C=C\CCCCCC. The van der Waals surface area contributed by atoms with E-state index < -0.39 is 13.9 Å². The van der Waals surface area contributed by atoms with Gasteiger partial charge in [0, 0.05) is 19.6 Å². The highest BCUT2D eigenvalue weighted by molar-refractivity contribution is 7.47. The van der Waals surface area contributed by atoms with Crippen LogP contribution in [0.5, 0.6) is 0 Å². The van der Waals surface area contributed by atoms with E-state index in [0.29, 0.717) is 13.0 Å². The number of nitrogens with two attached hydrogens (primary N) is 1. The van der Waals surface area contributed by atoms with Crippen LogP contribution in [0.3, 0.4) is 0 Å². The fourth-order valence-corrected chi connectivity index (χ4v) is 5.29. The molecule has 0 fully saturated rings. The summed E-state index contributed by atoms with van der Waals surface area (Å²) in [4.78, 5) is 22.3. The average Bonchev–Trinajstić information content (AvgIpc) is 2.99. The lowest BCUT2D eigenvalue weighted by Gasteiger charge is -2.20. The third kappa shape index (κ3) is 32.2. The molecule has 43 heavy (non-hydrogen) atoms. The van der Waals surface area contributed by atoms with Crippen LogP contribution in [0, 0.1) is 0 Å². The molecule has 0 aliphatic carbocycles. The largest absolute Gasteiger partial charge is 0.472 e. The van der Waals surface area contributed by atoms with Crippen LogP contribution in [0.15, 0.2) is 24.3 Å². The number of hydrogen-bond donors (Lipinski definition) is 2. The van der Waals surface area contributed by atoms with Gasteiger partial charge in [0.2, 0.25) is 0 Å². The smallest absolute Gasteiger partial charge is 0.457 e. The number of carbonyl (C=O) groups is 1. The van der Waals surface area contributed by atoms with E-state index in [4.69, 9.17) is 24.3 Å². The van der Waals surface area contributed by atoms with Crippen molar-refractivity contribution < 1.29 is 32.8 Å². The minimum absolute atomic E-state index is 0.0976. The van der Waals surface area contributed by atoms with Gasteiger partial charge in [-0.15, -0.1) is 0 Å². The molecule has 0 saturated carbocycles. The molecule has 8 nitrogen and oxygen atoms in total. The number of hydrogen-bond acceptors (Lipinski definition) is 7. The lowest BCUT2D eigenvalue weighted by Crippen LogP contribution is -2.28. The molecule has 0 radical (unpaired) electrons. The molecule has 3 N–H and O–H groups in total. The Hall–Kier alpha value is -1.02. The summed E-state index contributed by atoms with van der Waals surface area (Å²) in [5.74, 6) is -0.344. The Kier molecular flexibility index (Phi) is 31.6. The monoisotopic (exact) mass is 631 g/mol. The summed E-state index contributed by atoms with van der Waals surface area (Å²) < 4.78 is 33.1. The number of unbranched alkanes of at least 4 members (excludes halogenated alkanes) is 16. The molecule has 254 valence electrons. The summed E-state index contributed by atoms with van der Waals surface area (Å²) in [6.45, 7) is 4.81. The number of carbonyl (C=O) groups excluding carboxylic acids is 1. The van der Waals surface area contributed by atoms with Gasteiger partial charge in [-0.2, -0.15) is 0 Å². The molecule has 0 aromatic carbocycles. The standard InChI is InChI=1S/C34H66NO7P/c1-3-5-7-9-11-13-15-16-17-19-21-23-25-27-34(36)42-33(32-41-43(37,38)40-30-28-35)31-39-29-26-24-22-20-18-14-12-10-8-6-4-2/h8,10,13,15,33H,3-7,9,11-12,14,16-32,35H2,1-2H3,(H,37,38)/b10-8-,15-13-. The third-order valence-corrected chi connectivity index (χ3v) is 8.06. The van der Waals surface area contributed by atoms with E-state index in [9.17, 15) is 14.3 Å². The molecular formula is C34H66NO7P. The lowest BCUT2D eigenvalue weighted by atomic mass is 10.1. The highest BCUT2D eigenvalue weighted by Gasteiger charge is 2.25. The number of allylic oxidation sites excluding steroid dienone is 4. The molecule has 0 aromatic heterocycles. The first kappa shape index (κ1) is 42.0. The molecular weight excluding hydrogens is 565 g/mol. The number of phosphoric ester groups is 1. The maximum Gasteiger partial charge on any atom is 0.472 e. The van der Waals surface area contributed by atoms with Crippen LogP contribution < -0.4 is 5.73 Å². The fourth-order valence-electron chi connectivity index (χ4n) is 4.52. The first-order chi connectivity index (χ1) is 20.9. The second-order valence-corrected chi connectivity index (χ2v) is 12.8. The van der Waals surface area contributed by atoms with Crippen LogP contribution in [-0.2, 0) is 27.9 Å². The number of phosphoric acid groups is 1. The molecule has 0 aromatic rings. The Morgan fingerprint density at radius 2 is 1.21 bits per heavy atom. The Morgan fingerprint density at radius 1 is 0.674 bits per heavy atom. The van der Waals surface area contributed by atoms with Gasteiger partial charge >= 0.3 is 13.8 Å². The molecule has 0 bridgehead atoms. The topological polar surface area (TPSA) is 117 Å². The Balaban J connectivity index is 4.15. The molecule has 0 saturated heterocycles. The van der Waals surface area contributed by atoms with Gasteiger partial charge in [0.05, 0.1) is 19.8 Å². The van der Waals surface area contributed by atoms with Crippen LogP contribution in [0.4, 0.5) is 0 Å². The van der Waals surface area contributed by atoms with Crippen molar-refractivity contribution in [1.82, 2.24) is 0 Å². The van der Waals surface area contributed by atoms with Crippen LogP contribution in [0.2, 0.25) is 0 Å². The summed E-state index contributed by atoms with van der Waals surface area (Å²) in [6, 6.07) is 0. The zero-order valence-electron chi connectivity index (χ0n) is 27.7. The van der Waals surface area contributed by atoms with Crippen molar-refractivity contribution in [1.29, 1.82) is 0 Å². The molecule has 0 spiro atoms. The minimum atomic E-state index is -4.26. The highest BCUT2D eigenvalue weighted by atomic mass is 31.2. The quantitative estimate of drug-likeness (QED) is 0.0318. The predicted octanol–water partition coefficient (Wildman–Crippen LogP) is 9.35. The molecule has 0 aliphatic heterocycles.